The molecule has 1 heterocycles. The van der Waals surface area contributed by atoms with Crippen molar-refractivity contribution in [2.45, 2.75) is 13.5 Å². The van der Waals surface area contributed by atoms with Gasteiger partial charge in [-0.1, -0.05) is 32.7 Å². The molecule has 0 radical (unpaired) electrons. The van der Waals surface area contributed by atoms with Gasteiger partial charge in [0.1, 0.15) is 5.75 Å². The van der Waals surface area contributed by atoms with E-state index < -0.39 is 0 Å². The van der Waals surface area contributed by atoms with Gasteiger partial charge in [-0.3, -0.25) is 0 Å². The van der Waals surface area contributed by atoms with Crippen molar-refractivity contribution < 1.29 is 9.26 Å². The summed E-state index contributed by atoms with van der Waals surface area (Å²) in [7, 11) is 0. The molecular formula is C16H12BrClN2O2. The Balaban J connectivity index is 1.70. The maximum Gasteiger partial charge on any atom is 0.264 e. The van der Waals surface area contributed by atoms with Crippen molar-refractivity contribution in [2.24, 2.45) is 0 Å². The highest BCUT2D eigenvalue weighted by atomic mass is 79.9. The van der Waals surface area contributed by atoms with Gasteiger partial charge in [0.25, 0.3) is 5.89 Å². The van der Waals surface area contributed by atoms with Crippen molar-refractivity contribution in [2.75, 3.05) is 0 Å². The highest BCUT2D eigenvalue weighted by molar-refractivity contribution is 9.10. The molecule has 2 aromatic carbocycles. The average molecular weight is 380 g/mol. The molecule has 6 heteroatoms. The Morgan fingerprint density at radius 2 is 1.95 bits per heavy atom. The molecule has 0 bridgehead atoms. The normalized spacial score (nSPS) is 10.7. The predicted octanol–water partition coefficient (Wildman–Crippen LogP) is 5.04. The van der Waals surface area contributed by atoms with Gasteiger partial charge < -0.3 is 9.26 Å². The van der Waals surface area contributed by atoms with Crippen LogP contribution in [-0.4, -0.2) is 10.1 Å². The minimum absolute atomic E-state index is 0.225. The van der Waals surface area contributed by atoms with E-state index in [0.29, 0.717) is 16.7 Å². The molecule has 0 aliphatic rings. The van der Waals surface area contributed by atoms with E-state index in [-0.39, 0.29) is 6.61 Å². The van der Waals surface area contributed by atoms with E-state index in [1.54, 1.807) is 12.1 Å². The smallest absolute Gasteiger partial charge is 0.264 e. The standard InChI is InChI=1S/C16H12BrClN2O2/c1-10-8-12(17)4-7-14(10)21-9-15-19-16(20-22-15)11-2-5-13(18)6-3-11/h2-8H,9H2,1H3. The lowest BCUT2D eigenvalue weighted by molar-refractivity contribution is 0.241. The predicted molar refractivity (Wildman–Crippen MR) is 88.0 cm³/mol. The molecule has 0 atom stereocenters. The molecule has 0 fully saturated rings. The first-order valence-corrected chi connectivity index (χ1v) is 7.76. The lowest BCUT2D eigenvalue weighted by Gasteiger charge is -2.06. The van der Waals surface area contributed by atoms with Gasteiger partial charge in [-0.15, -0.1) is 0 Å². The highest BCUT2D eigenvalue weighted by Crippen LogP contribution is 2.23. The molecular weight excluding hydrogens is 368 g/mol. The molecule has 0 N–H and O–H groups in total. The molecule has 0 saturated heterocycles. The molecule has 112 valence electrons. The van der Waals surface area contributed by atoms with E-state index in [2.05, 4.69) is 26.1 Å². The minimum Gasteiger partial charge on any atom is -0.483 e. The van der Waals surface area contributed by atoms with Crippen molar-refractivity contribution in [1.29, 1.82) is 0 Å². The summed E-state index contributed by atoms with van der Waals surface area (Å²) in [4.78, 5) is 4.32. The summed E-state index contributed by atoms with van der Waals surface area (Å²) in [5.74, 6) is 1.73. The average Bonchev–Trinajstić information content (AvgIpc) is 2.96. The number of hydrogen-bond donors (Lipinski definition) is 0. The number of ether oxygens (including phenoxy) is 1. The molecule has 3 rings (SSSR count). The SMILES string of the molecule is Cc1cc(Br)ccc1OCc1nc(-c2ccc(Cl)cc2)no1. The molecule has 0 saturated carbocycles. The van der Waals surface area contributed by atoms with Crippen molar-refractivity contribution >= 4 is 27.5 Å². The van der Waals surface area contributed by atoms with Crippen LogP contribution in [0.15, 0.2) is 51.5 Å². The van der Waals surface area contributed by atoms with Crippen molar-refractivity contribution in [3.63, 3.8) is 0 Å². The summed E-state index contributed by atoms with van der Waals surface area (Å²) in [6, 6.07) is 13.1. The molecule has 1 aromatic heterocycles. The van der Waals surface area contributed by atoms with E-state index in [0.717, 1.165) is 21.3 Å². The largest absolute Gasteiger partial charge is 0.483 e. The number of aryl methyl sites for hydroxylation is 1. The van der Waals surface area contributed by atoms with Crippen molar-refractivity contribution in [3.8, 4) is 17.1 Å². The van der Waals surface area contributed by atoms with Gasteiger partial charge in [0.05, 0.1) is 0 Å². The summed E-state index contributed by atoms with van der Waals surface area (Å²) >= 11 is 9.28. The van der Waals surface area contributed by atoms with Crippen LogP contribution in [0.3, 0.4) is 0 Å². The van der Waals surface area contributed by atoms with Gasteiger partial charge in [0.2, 0.25) is 5.82 Å². The fourth-order valence-electron chi connectivity index (χ4n) is 1.94. The summed E-state index contributed by atoms with van der Waals surface area (Å²) in [6.07, 6.45) is 0. The Kier molecular flexibility index (Phi) is 4.45. The summed E-state index contributed by atoms with van der Waals surface area (Å²) < 4.78 is 11.9. The van der Waals surface area contributed by atoms with E-state index in [9.17, 15) is 0 Å². The maximum atomic E-state index is 5.86. The van der Waals surface area contributed by atoms with Crippen LogP contribution >= 0.6 is 27.5 Å². The number of rotatable bonds is 4. The van der Waals surface area contributed by atoms with E-state index in [4.69, 9.17) is 20.9 Å². The van der Waals surface area contributed by atoms with Crippen LogP contribution in [-0.2, 0) is 6.61 Å². The second-order valence-corrected chi connectivity index (χ2v) is 6.07. The van der Waals surface area contributed by atoms with Gasteiger partial charge in [-0.25, -0.2) is 0 Å². The Labute approximate surface area is 141 Å². The maximum absolute atomic E-state index is 5.86. The molecule has 0 amide bonds. The van der Waals surface area contributed by atoms with Crippen LogP contribution in [0.1, 0.15) is 11.5 Å². The third-order valence-electron chi connectivity index (χ3n) is 3.06. The van der Waals surface area contributed by atoms with Crippen molar-refractivity contribution in [1.82, 2.24) is 10.1 Å². The second kappa shape index (κ2) is 6.50. The molecule has 3 aromatic rings. The van der Waals surface area contributed by atoms with Crippen LogP contribution < -0.4 is 4.74 Å². The van der Waals surface area contributed by atoms with Crippen LogP contribution in [0.5, 0.6) is 5.75 Å². The fraction of sp³-hybridized carbons (Fsp3) is 0.125. The molecule has 0 spiro atoms. The first-order chi connectivity index (χ1) is 10.6. The van der Waals surface area contributed by atoms with Crippen LogP contribution in [0.25, 0.3) is 11.4 Å². The first-order valence-electron chi connectivity index (χ1n) is 6.59. The summed E-state index contributed by atoms with van der Waals surface area (Å²) in [5, 5.41) is 4.62. The Bertz CT molecular complexity index is 787. The Morgan fingerprint density at radius 3 is 2.68 bits per heavy atom. The topological polar surface area (TPSA) is 48.2 Å². The molecule has 4 nitrogen and oxygen atoms in total. The quantitative estimate of drug-likeness (QED) is 0.637. The molecule has 22 heavy (non-hydrogen) atoms. The number of benzene rings is 2. The summed E-state index contributed by atoms with van der Waals surface area (Å²) in [5.41, 5.74) is 1.88. The molecule has 0 unspecified atom stereocenters. The highest BCUT2D eigenvalue weighted by Gasteiger charge is 2.10. The van der Waals surface area contributed by atoms with Crippen molar-refractivity contribution in [3.05, 3.63) is 63.4 Å². The monoisotopic (exact) mass is 378 g/mol. The zero-order valence-electron chi connectivity index (χ0n) is 11.7. The third-order valence-corrected chi connectivity index (χ3v) is 3.80. The minimum atomic E-state index is 0.225. The molecule has 0 aliphatic carbocycles. The van der Waals surface area contributed by atoms with E-state index in [1.165, 1.54) is 0 Å². The van der Waals surface area contributed by atoms with Crippen LogP contribution in [0, 0.1) is 6.92 Å². The van der Waals surface area contributed by atoms with E-state index >= 15 is 0 Å². The third kappa shape index (κ3) is 3.48. The number of hydrogen-bond acceptors (Lipinski definition) is 4. The van der Waals surface area contributed by atoms with E-state index in [1.807, 2.05) is 37.3 Å². The lowest BCUT2D eigenvalue weighted by Crippen LogP contribution is -1.97. The zero-order chi connectivity index (χ0) is 15.5. The lowest BCUT2D eigenvalue weighted by atomic mass is 10.2. The van der Waals surface area contributed by atoms with Gasteiger partial charge >= 0.3 is 0 Å². The zero-order valence-corrected chi connectivity index (χ0v) is 14.1. The van der Waals surface area contributed by atoms with Gasteiger partial charge in [-0.2, -0.15) is 4.98 Å². The number of nitrogens with zero attached hydrogens (tertiary/aromatic N) is 2. The first kappa shape index (κ1) is 15.1. The second-order valence-electron chi connectivity index (χ2n) is 4.72. The number of halogens is 2. The summed E-state index contributed by atoms with van der Waals surface area (Å²) in [6.45, 7) is 2.20. The Hall–Kier alpha value is -1.85. The van der Waals surface area contributed by atoms with Gasteiger partial charge in [0.15, 0.2) is 6.61 Å². The van der Waals surface area contributed by atoms with Gasteiger partial charge in [0, 0.05) is 15.1 Å². The van der Waals surface area contributed by atoms with Gasteiger partial charge in [-0.05, 0) is 55.0 Å². The van der Waals surface area contributed by atoms with Crippen LogP contribution in [0.2, 0.25) is 5.02 Å². The Morgan fingerprint density at radius 1 is 1.18 bits per heavy atom. The molecule has 0 aliphatic heterocycles. The fourth-order valence-corrected chi connectivity index (χ4v) is 2.55. The van der Waals surface area contributed by atoms with Crippen LogP contribution in [0.4, 0.5) is 0 Å². The number of aromatic nitrogens is 2.